The Bertz CT molecular complexity index is 236. The maximum atomic E-state index is 12.4. The Morgan fingerprint density at radius 2 is 1.75 bits per heavy atom. The summed E-state index contributed by atoms with van der Waals surface area (Å²) in [7, 11) is 0. The molecule has 1 aliphatic heterocycles. The fraction of sp³-hybridized carbons (Fsp3) is 0.923. The van der Waals surface area contributed by atoms with E-state index in [0.717, 1.165) is 32.2 Å². The van der Waals surface area contributed by atoms with Gasteiger partial charge in [0.15, 0.2) is 0 Å². The van der Waals surface area contributed by atoms with Crippen LogP contribution in [0.3, 0.4) is 0 Å². The van der Waals surface area contributed by atoms with Gasteiger partial charge in [0.25, 0.3) is 0 Å². The van der Waals surface area contributed by atoms with E-state index in [4.69, 9.17) is 5.73 Å². The molecule has 1 saturated carbocycles. The predicted molar refractivity (Wildman–Crippen MR) is 65.0 cm³/mol. The third kappa shape index (κ3) is 2.57. The predicted octanol–water partition coefficient (Wildman–Crippen LogP) is 1.91. The zero-order valence-electron chi connectivity index (χ0n) is 10.2. The zero-order valence-corrected chi connectivity index (χ0v) is 10.2. The number of hydrogen-bond acceptors (Lipinski definition) is 2. The van der Waals surface area contributed by atoms with Gasteiger partial charge in [-0.25, -0.2) is 0 Å². The standard InChI is InChI=1S/C13H24N2O/c14-10-12-8-2-1-5-9-15(12)13(16)11-6-3-4-7-11/h11-12H,1-10,14H2. The minimum absolute atomic E-state index is 0.312. The molecule has 0 spiro atoms. The number of nitrogens with zero attached hydrogens (tertiary/aromatic N) is 1. The SMILES string of the molecule is NCC1CCCCCN1C(=O)C1CCCC1. The Labute approximate surface area is 98.4 Å². The second kappa shape index (κ2) is 5.67. The van der Waals surface area contributed by atoms with Crippen LogP contribution in [0.5, 0.6) is 0 Å². The summed E-state index contributed by atoms with van der Waals surface area (Å²) in [6, 6.07) is 0.315. The average Bonchev–Trinajstić information content (AvgIpc) is 2.73. The fourth-order valence-electron chi connectivity index (χ4n) is 3.12. The molecule has 1 saturated heterocycles. The van der Waals surface area contributed by atoms with E-state index < -0.39 is 0 Å². The first-order chi connectivity index (χ1) is 7.83. The second-order valence-corrected chi connectivity index (χ2v) is 5.25. The molecule has 92 valence electrons. The van der Waals surface area contributed by atoms with E-state index in [9.17, 15) is 4.79 Å². The number of rotatable bonds is 2. The van der Waals surface area contributed by atoms with Crippen LogP contribution in [-0.2, 0) is 4.79 Å². The van der Waals surface area contributed by atoms with Gasteiger partial charge in [-0.2, -0.15) is 0 Å². The highest BCUT2D eigenvalue weighted by Gasteiger charge is 2.31. The van der Waals surface area contributed by atoms with Gasteiger partial charge in [0.05, 0.1) is 0 Å². The third-order valence-corrected chi connectivity index (χ3v) is 4.14. The fourth-order valence-corrected chi connectivity index (χ4v) is 3.12. The lowest BCUT2D eigenvalue weighted by Crippen LogP contribution is -2.46. The molecule has 1 aliphatic carbocycles. The Morgan fingerprint density at radius 1 is 1.06 bits per heavy atom. The Morgan fingerprint density at radius 3 is 2.44 bits per heavy atom. The molecule has 0 aromatic heterocycles. The summed E-state index contributed by atoms with van der Waals surface area (Å²) in [5, 5.41) is 0. The highest BCUT2D eigenvalue weighted by atomic mass is 16.2. The highest BCUT2D eigenvalue weighted by molar-refractivity contribution is 5.79. The molecule has 2 fully saturated rings. The topological polar surface area (TPSA) is 46.3 Å². The van der Waals surface area contributed by atoms with Gasteiger partial charge in [0.2, 0.25) is 5.91 Å². The minimum Gasteiger partial charge on any atom is -0.338 e. The number of likely N-dealkylation sites (tertiary alicyclic amines) is 1. The van der Waals surface area contributed by atoms with E-state index in [1.54, 1.807) is 0 Å². The second-order valence-electron chi connectivity index (χ2n) is 5.25. The summed E-state index contributed by atoms with van der Waals surface area (Å²) in [5.41, 5.74) is 5.81. The van der Waals surface area contributed by atoms with Crippen molar-refractivity contribution in [2.75, 3.05) is 13.1 Å². The van der Waals surface area contributed by atoms with Crippen molar-refractivity contribution in [3.05, 3.63) is 0 Å². The van der Waals surface area contributed by atoms with Crippen LogP contribution in [0.1, 0.15) is 51.4 Å². The largest absolute Gasteiger partial charge is 0.338 e. The number of carbonyl (C=O) groups excluding carboxylic acids is 1. The molecule has 0 radical (unpaired) electrons. The smallest absolute Gasteiger partial charge is 0.225 e. The van der Waals surface area contributed by atoms with Crippen molar-refractivity contribution >= 4 is 5.91 Å². The van der Waals surface area contributed by atoms with Gasteiger partial charge in [-0.3, -0.25) is 4.79 Å². The van der Waals surface area contributed by atoms with E-state index >= 15 is 0 Å². The van der Waals surface area contributed by atoms with E-state index in [1.807, 2.05) is 0 Å². The molecule has 2 aliphatic rings. The van der Waals surface area contributed by atoms with E-state index in [1.165, 1.54) is 25.7 Å². The first kappa shape index (κ1) is 11.9. The van der Waals surface area contributed by atoms with Crippen molar-refractivity contribution < 1.29 is 4.79 Å². The van der Waals surface area contributed by atoms with Crippen LogP contribution >= 0.6 is 0 Å². The van der Waals surface area contributed by atoms with Gasteiger partial charge < -0.3 is 10.6 Å². The Kier molecular flexibility index (Phi) is 4.22. The molecule has 0 aromatic carbocycles. The molecule has 3 nitrogen and oxygen atoms in total. The Hall–Kier alpha value is -0.570. The third-order valence-electron chi connectivity index (χ3n) is 4.14. The summed E-state index contributed by atoms with van der Waals surface area (Å²) in [6.45, 7) is 1.58. The Balaban J connectivity index is 2.00. The molecule has 2 rings (SSSR count). The molecule has 1 amide bonds. The quantitative estimate of drug-likeness (QED) is 0.778. The maximum Gasteiger partial charge on any atom is 0.225 e. The molecule has 1 unspecified atom stereocenters. The molecule has 3 heteroatoms. The zero-order chi connectivity index (χ0) is 11.4. The normalized spacial score (nSPS) is 28.1. The lowest BCUT2D eigenvalue weighted by atomic mass is 10.0. The van der Waals surface area contributed by atoms with Gasteiger partial charge in [-0.15, -0.1) is 0 Å². The van der Waals surface area contributed by atoms with Crippen molar-refractivity contribution in [3.63, 3.8) is 0 Å². The molecule has 2 N–H and O–H groups in total. The average molecular weight is 224 g/mol. The van der Waals surface area contributed by atoms with Crippen LogP contribution in [0.4, 0.5) is 0 Å². The van der Waals surface area contributed by atoms with Crippen molar-refractivity contribution in [3.8, 4) is 0 Å². The van der Waals surface area contributed by atoms with Crippen molar-refractivity contribution in [2.24, 2.45) is 11.7 Å². The molecule has 1 atom stereocenters. The molecule has 0 aromatic rings. The molecule has 16 heavy (non-hydrogen) atoms. The highest BCUT2D eigenvalue weighted by Crippen LogP contribution is 2.28. The summed E-state index contributed by atoms with van der Waals surface area (Å²) in [6.07, 6.45) is 9.43. The molecule has 1 heterocycles. The van der Waals surface area contributed by atoms with E-state index in [2.05, 4.69) is 4.90 Å². The van der Waals surface area contributed by atoms with Crippen LogP contribution in [0.2, 0.25) is 0 Å². The summed E-state index contributed by atoms with van der Waals surface area (Å²) in [5.74, 6) is 0.710. The van der Waals surface area contributed by atoms with Crippen LogP contribution in [0, 0.1) is 5.92 Å². The van der Waals surface area contributed by atoms with E-state index in [-0.39, 0.29) is 0 Å². The number of carbonyl (C=O) groups is 1. The molecular formula is C13H24N2O. The summed E-state index contributed by atoms with van der Waals surface area (Å²) < 4.78 is 0. The van der Waals surface area contributed by atoms with Crippen LogP contribution in [0.15, 0.2) is 0 Å². The number of nitrogens with two attached hydrogens (primary N) is 1. The van der Waals surface area contributed by atoms with E-state index in [0.29, 0.717) is 24.4 Å². The minimum atomic E-state index is 0.312. The van der Waals surface area contributed by atoms with Crippen molar-refractivity contribution in [2.45, 2.75) is 57.4 Å². The van der Waals surface area contributed by atoms with Gasteiger partial charge >= 0.3 is 0 Å². The lowest BCUT2D eigenvalue weighted by molar-refractivity contribution is -0.137. The summed E-state index contributed by atoms with van der Waals surface area (Å²) >= 11 is 0. The van der Waals surface area contributed by atoms with Gasteiger partial charge in [-0.1, -0.05) is 25.7 Å². The van der Waals surface area contributed by atoms with Crippen molar-refractivity contribution in [1.82, 2.24) is 4.90 Å². The summed E-state index contributed by atoms with van der Waals surface area (Å²) in [4.78, 5) is 14.5. The van der Waals surface area contributed by atoms with Crippen LogP contribution < -0.4 is 5.73 Å². The van der Waals surface area contributed by atoms with Crippen LogP contribution in [0.25, 0.3) is 0 Å². The van der Waals surface area contributed by atoms with Crippen LogP contribution in [-0.4, -0.2) is 29.9 Å². The van der Waals surface area contributed by atoms with Gasteiger partial charge in [0.1, 0.15) is 0 Å². The first-order valence-electron chi connectivity index (χ1n) is 6.83. The maximum absolute atomic E-state index is 12.4. The van der Waals surface area contributed by atoms with Crippen molar-refractivity contribution in [1.29, 1.82) is 0 Å². The number of hydrogen-bond donors (Lipinski definition) is 1. The van der Waals surface area contributed by atoms with Gasteiger partial charge in [0, 0.05) is 25.0 Å². The monoisotopic (exact) mass is 224 g/mol. The lowest BCUT2D eigenvalue weighted by Gasteiger charge is -2.31. The first-order valence-corrected chi connectivity index (χ1v) is 6.83. The van der Waals surface area contributed by atoms with Gasteiger partial charge in [-0.05, 0) is 25.7 Å². The molecular weight excluding hydrogens is 200 g/mol. The molecule has 0 bridgehead atoms. The number of amides is 1.